The van der Waals surface area contributed by atoms with Gasteiger partial charge in [-0.2, -0.15) is 5.26 Å². The first-order valence-electron chi connectivity index (χ1n) is 4.45. The Balaban J connectivity index is 2.54. The number of nitrogen functional groups attached to an aromatic ring is 1. The average Bonchev–Trinajstić information content (AvgIpc) is 2.25. The third-order valence-electron chi connectivity index (χ3n) is 1.67. The van der Waals surface area contributed by atoms with Crippen molar-refractivity contribution in [2.45, 2.75) is 0 Å². The standard InChI is InChI=1S/C9H11N5O2/c10-4-6-3-7(11)5-14-8(6)13-1-2-16-9(12)15/h3,5H,1-2,11H2,(H2,12,15)(H,13,14). The summed E-state index contributed by atoms with van der Waals surface area (Å²) in [6.45, 7) is 0.417. The Hall–Kier alpha value is -2.49. The number of carbonyl (C=O) groups excluding carboxylic acids is 1. The molecule has 0 radical (unpaired) electrons. The zero-order valence-electron chi connectivity index (χ0n) is 8.43. The van der Waals surface area contributed by atoms with Crippen LogP contribution in [0.2, 0.25) is 0 Å². The predicted octanol–water partition coefficient (Wildman–Crippen LogP) is 0.0427. The minimum Gasteiger partial charge on any atom is -0.448 e. The van der Waals surface area contributed by atoms with Crippen molar-refractivity contribution in [1.29, 1.82) is 5.26 Å². The third-order valence-corrected chi connectivity index (χ3v) is 1.67. The van der Waals surface area contributed by atoms with Crippen LogP contribution in [0.4, 0.5) is 16.3 Å². The SMILES string of the molecule is N#Cc1cc(N)cnc1NCCOC(N)=O. The minimum atomic E-state index is -0.840. The maximum absolute atomic E-state index is 10.3. The zero-order valence-corrected chi connectivity index (χ0v) is 8.43. The van der Waals surface area contributed by atoms with Crippen LogP contribution in [0.1, 0.15) is 5.56 Å². The molecule has 1 rings (SSSR count). The second kappa shape index (κ2) is 5.41. The number of hydrogen-bond donors (Lipinski definition) is 3. The number of amides is 1. The van der Waals surface area contributed by atoms with Gasteiger partial charge in [0, 0.05) is 0 Å². The van der Waals surface area contributed by atoms with E-state index in [1.165, 1.54) is 12.3 Å². The largest absolute Gasteiger partial charge is 0.448 e. The van der Waals surface area contributed by atoms with Crippen molar-refractivity contribution >= 4 is 17.6 Å². The predicted molar refractivity (Wildman–Crippen MR) is 57.4 cm³/mol. The highest BCUT2D eigenvalue weighted by Gasteiger charge is 2.03. The molecule has 0 aliphatic rings. The van der Waals surface area contributed by atoms with Crippen molar-refractivity contribution in [1.82, 2.24) is 4.98 Å². The van der Waals surface area contributed by atoms with Gasteiger partial charge in [0.1, 0.15) is 18.5 Å². The van der Waals surface area contributed by atoms with Gasteiger partial charge in [0.25, 0.3) is 0 Å². The van der Waals surface area contributed by atoms with Crippen LogP contribution in [0.5, 0.6) is 0 Å². The number of hydrogen-bond acceptors (Lipinski definition) is 6. The van der Waals surface area contributed by atoms with Crippen LogP contribution < -0.4 is 16.8 Å². The van der Waals surface area contributed by atoms with E-state index >= 15 is 0 Å². The lowest BCUT2D eigenvalue weighted by molar-refractivity contribution is 0.161. The van der Waals surface area contributed by atoms with Gasteiger partial charge in [0.05, 0.1) is 24.0 Å². The highest BCUT2D eigenvalue weighted by Crippen LogP contribution is 2.13. The van der Waals surface area contributed by atoms with Crippen molar-refractivity contribution < 1.29 is 9.53 Å². The molecule has 7 heteroatoms. The molecule has 0 saturated carbocycles. The number of ether oxygens (including phenoxy) is 1. The van der Waals surface area contributed by atoms with Gasteiger partial charge in [0.2, 0.25) is 0 Å². The number of anilines is 2. The van der Waals surface area contributed by atoms with Gasteiger partial charge in [-0.3, -0.25) is 0 Å². The number of pyridine rings is 1. The lowest BCUT2D eigenvalue weighted by Crippen LogP contribution is -2.19. The summed E-state index contributed by atoms with van der Waals surface area (Å²) in [6, 6.07) is 3.45. The molecule has 0 atom stereocenters. The summed E-state index contributed by atoms with van der Waals surface area (Å²) in [7, 11) is 0. The fourth-order valence-electron chi connectivity index (χ4n) is 1.03. The van der Waals surface area contributed by atoms with Gasteiger partial charge in [-0.25, -0.2) is 9.78 Å². The van der Waals surface area contributed by atoms with Gasteiger partial charge in [0.15, 0.2) is 0 Å². The van der Waals surface area contributed by atoms with Crippen LogP contribution >= 0.6 is 0 Å². The summed E-state index contributed by atoms with van der Waals surface area (Å²) in [5.74, 6) is 0.393. The molecule has 0 bridgehead atoms. The van der Waals surface area contributed by atoms with Crippen LogP contribution in [0.25, 0.3) is 0 Å². The van der Waals surface area contributed by atoms with E-state index < -0.39 is 6.09 Å². The second-order valence-corrected chi connectivity index (χ2v) is 2.87. The number of nitrogens with two attached hydrogens (primary N) is 2. The van der Waals surface area contributed by atoms with E-state index in [0.29, 0.717) is 23.6 Å². The van der Waals surface area contributed by atoms with Crippen LogP contribution in [-0.2, 0) is 4.74 Å². The second-order valence-electron chi connectivity index (χ2n) is 2.87. The van der Waals surface area contributed by atoms with Crippen LogP contribution in [-0.4, -0.2) is 24.2 Å². The molecule has 16 heavy (non-hydrogen) atoms. The summed E-state index contributed by atoms with van der Waals surface area (Å²) < 4.78 is 4.50. The van der Waals surface area contributed by atoms with E-state index in [2.05, 4.69) is 15.0 Å². The molecule has 84 valence electrons. The maximum Gasteiger partial charge on any atom is 0.404 e. The Labute approximate surface area is 92.0 Å². The molecule has 1 aromatic rings. The summed E-state index contributed by atoms with van der Waals surface area (Å²) in [4.78, 5) is 14.2. The summed E-state index contributed by atoms with van der Waals surface area (Å²) in [5.41, 5.74) is 11.0. The topological polar surface area (TPSA) is 127 Å². The quantitative estimate of drug-likeness (QED) is 0.616. The fourth-order valence-corrected chi connectivity index (χ4v) is 1.03. The molecule has 0 unspecified atom stereocenters. The number of carbonyl (C=O) groups is 1. The van der Waals surface area contributed by atoms with Crippen molar-refractivity contribution in [3.8, 4) is 6.07 Å². The molecule has 0 aliphatic heterocycles. The first-order chi connectivity index (χ1) is 7.63. The normalized spacial score (nSPS) is 9.19. The molecule has 0 spiro atoms. The van der Waals surface area contributed by atoms with Gasteiger partial charge >= 0.3 is 6.09 Å². The van der Waals surface area contributed by atoms with E-state index in [4.69, 9.17) is 16.7 Å². The molecule has 0 aromatic carbocycles. The molecule has 0 fully saturated rings. The summed E-state index contributed by atoms with van der Waals surface area (Å²) in [6.07, 6.45) is 0.588. The maximum atomic E-state index is 10.3. The summed E-state index contributed by atoms with van der Waals surface area (Å²) in [5, 5.41) is 11.6. The molecule has 1 aromatic heterocycles. The van der Waals surface area contributed by atoms with Crippen molar-refractivity contribution in [3.63, 3.8) is 0 Å². The highest BCUT2D eigenvalue weighted by molar-refractivity contribution is 5.64. The number of nitriles is 1. The fraction of sp³-hybridized carbons (Fsp3) is 0.222. The van der Waals surface area contributed by atoms with Crippen LogP contribution in [0, 0.1) is 11.3 Å². The molecule has 1 amide bonds. The first kappa shape index (κ1) is 11.6. The molecule has 1 heterocycles. The number of nitrogens with one attached hydrogen (secondary N) is 1. The van der Waals surface area contributed by atoms with Crippen molar-refractivity contribution in [3.05, 3.63) is 17.8 Å². The molecule has 0 saturated heterocycles. The number of primary amides is 1. The van der Waals surface area contributed by atoms with Crippen molar-refractivity contribution in [2.75, 3.05) is 24.2 Å². The Morgan fingerprint density at radius 2 is 2.44 bits per heavy atom. The van der Waals surface area contributed by atoms with E-state index in [0.717, 1.165) is 0 Å². The number of rotatable bonds is 4. The molecule has 0 aliphatic carbocycles. The van der Waals surface area contributed by atoms with E-state index in [-0.39, 0.29) is 6.61 Å². The third kappa shape index (κ3) is 3.34. The molecular formula is C9H11N5O2. The molecule has 7 nitrogen and oxygen atoms in total. The van der Waals surface area contributed by atoms with Crippen LogP contribution in [0.15, 0.2) is 12.3 Å². The Morgan fingerprint density at radius 3 is 3.06 bits per heavy atom. The highest BCUT2D eigenvalue weighted by atomic mass is 16.5. The lowest BCUT2D eigenvalue weighted by atomic mass is 10.2. The summed E-state index contributed by atoms with van der Waals surface area (Å²) >= 11 is 0. The molecule has 5 N–H and O–H groups in total. The molecular weight excluding hydrogens is 210 g/mol. The lowest BCUT2D eigenvalue weighted by Gasteiger charge is -2.07. The van der Waals surface area contributed by atoms with E-state index in [9.17, 15) is 4.79 Å². The van der Waals surface area contributed by atoms with Gasteiger partial charge in [-0.1, -0.05) is 0 Å². The first-order valence-corrected chi connectivity index (χ1v) is 4.45. The van der Waals surface area contributed by atoms with E-state index in [1.54, 1.807) is 0 Å². The van der Waals surface area contributed by atoms with Gasteiger partial charge < -0.3 is 21.5 Å². The van der Waals surface area contributed by atoms with E-state index in [1.807, 2.05) is 6.07 Å². The van der Waals surface area contributed by atoms with Crippen molar-refractivity contribution in [2.24, 2.45) is 5.73 Å². The van der Waals surface area contributed by atoms with Gasteiger partial charge in [-0.15, -0.1) is 0 Å². The Bertz CT molecular complexity index is 426. The monoisotopic (exact) mass is 221 g/mol. The van der Waals surface area contributed by atoms with Crippen LogP contribution in [0.3, 0.4) is 0 Å². The minimum absolute atomic E-state index is 0.103. The average molecular weight is 221 g/mol. The Morgan fingerprint density at radius 1 is 1.69 bits per heavy atom. The number of nitrogens with zero attached hydrogens (tertiary/aromatic N) is 2. The Kier molecular flexibility index (Phi) is 3.91. The smallest absolute Gasteiger partial charge is 0.404 e. The number of aromatic nitrogens is 1. The zero-order chi connectivity index (χ0) is 12.0. The van der Waals surface area contributed by atoms with Gasteiger partial charge in [-0.05, 0) is 6.07 Å².